The van der Waals surface area contributed by atoms with E-state index in [0.717, 1.165) is 49.3 Å². The molecule has 142 valence electrons. The van der Waals surface area contributed by atoms with Crippen LogP contribution < -0.4 is 10.5 Å². The number of rotatable bonds is 3. The van der Waals surface area contributed by atoms with Crippen LogP contribution in [0.3, 0.4) is 0 Å². The van der Waals surface area contributed by atoms with Crippen molar-refractivity contribution in [2.45, 2.75) is 13.5 Å². The van der Waals surface area contributed by atoms with Crippen LogP contribution in [0.15, 0.2) is 65.6 Å². The number of anilines is 1. The van der Waals surface area contributed by atoms with E-state index in [4.69, 9.17) is 0 Å². The third kappa shape index (κ3) is 3.08. The standard InChI is InChI=1S/C23H24N4O/c1-17-6-8-19(9-7-17)26-12-10-25(11-13-26)15-18-14-22-24-23(28)20-4-2-3-5-21(20)27(22)16-18/h2-9,14,16H,10-13,15H2,1H3,(H,24,28). The van der Waals surface area contributed by atoms with Crippen LogP contribution in [0.5, 0.6) is 0 Å². The summed E-state index contributed by atoms with van der Waals surface area (Å²) < 4.78 is 2.09. The van der Waals surface area contributed by atoms with Crippen LogP contribution in [0.25, 0.3) is 16.6 Å². The van der Waals surface area contributed by atoms with Gasteiger partial charge >= 0.3 is 0 Å². The molecular weight excluding hydrogens is 348 g/mol. The van der Waals surface area contributed by atoms with E-state index in [1.54, 1.807) is 0 Å². The first kappa shape index (κ1) is 17.1. The summed E-state index contributed by atoms with van der Waals surface area (Å²) in [5.74, 6) is 0. The van der Waals surface area contributed by atoms with Crippen LogP contribution >= 0.6 is 0 Å². The minimum atomic E-state index is -0.0283. The highest BCUT2D eigenvalue weighted by molar-refractivity contribution is 5.80. The zero-order chi connectivity index (χ0) is 19.1. The van der Waals surface area contributed by atoms with Crippen molar-refractivity contribution in [2.24, 2.45) is 0 Å². The summed E-state index contributed by atoms with van der Waals surface area (Å²) in [6.45, 7) is 7.18. The number of aryl methyl sites for hydroxylation is 1. The molecule has 0 unspecified atom stereocenters. The van der Waals surface area contributed by atoms with Crippen molar-refractivity contribution in [3.63, 3.8) is 0 Å². The van der Waals surface area contributed by atoms with Crippen LogP contribution in [0, 0.1) is 6.92 Å². The molecule has 0 atom stereocenters. The molecule has 1 aliphatic rings. The maximum atomic E-state index is 12.3. The lowest BCUT2D eigenvalue weighted by molar-refractivity contribution is 0.250. The first-order valence-electron chi connectivity index (χ1n) is 9.83. The van der Waals surface area contributed by atoms with Gasteiger partial charge in [-0.05, 0) is 42.8 Å². The monoisotopic (exact) mass is 372 g/mol. The Bertz CT molecular complexity index is 1180. The van der Waals surface area contributed by atoms with Gasteiger partial charge in [0.2, 0.25) is 0 Å². The Labute approximate surface area is 163 Å². The number of hydrogen-bond donors (Lipinski definition) is 1. The molecule has 0 spiro atoms. The molecule has 2 aromatic heterocycles. The molecule has 5 nitrogen and oxygen atoms in total. The van der Waals surface area contributed by atoms with E-state index in [1.807, 2.05) is 24.3 Å². The molecule has 5 heteroatoms. The highest BCUT2D eigenvalue weighted by Crippen LogP contribution is 2.20. The number of piperazine rings is 1. The largest absolute Gasteiger partial charge is 0.369 e. The van der Waals surface area contributed by atoms with Gasteiger partial charge in [-0.15, -0.1) is 0 Å². The predicted molar refractivity (Wildman–Crippen MR) is 114 cm³/mol. The van der Waals surface area contributed by atoms with Crippen LogP contribution in [0.1, 0.15) is 11.1 Å². The molecule has 2 aromatic carbocycles. The van der Waals surface area contributed by atoms with Crippen LogP contribution in [-0.4, -0.2) is 40.5 Å². The summed E-state index contributed by atoms with van der Waals surface area (Å²) in [4.78, 5) is 20.2. The van der Waals surface area contributed by atoms with E-state index in [2.05, 4.69) is 62.6 Å². The summed E-state index contributed by atoms with van der Waals surface area (Å²) in [7, 11) is 0. The van der Waals surface area contributed by atoms with Crippen molar-refractivity contribution in [1.29, 1.82) is 0 Å². The fourth-order valence-corrected chi connectivity index (χ4v) is 4.14. The Balaban J connectivity index is 1.33. The quantitative estimate of drug-likeness (QED) is 0.599. The van der Waals surface area contributed by atoms with Gasteiger partial charge in [-0.1, -0.05) is 29.8 Å². The average Bonchev–Trinajstić information content (AvgIpc) is 3.12. The number of fused-ring (bicyclic) bond motifs is 3. The highest BCUT2D eigenvalue weighted by atomic mass is 16.1. The molecule has 0 radical (unpaired) electrons. The van der Waals surface area contributed by atoms with Gasteiger partial charge in [-0.3, -0.25) is 9.69 Å². The van der Waals surface area contributed by atoms with E-state index in [-0.39, 0.29) is 5.56 Å². The van der Waals surface area contributed by atoms with E-state index in [0.29, 0.717) is 0 Å². The SMILES string of the molecule is Cc1ccc(N2CCN(Cc3cc4[nH]c(=O)c5ccccc5n4c3)CC2)cc1. The zero-order valence-corrected chi connectivity index (χ0v) is 16.1. The minimum absolute atomic E-state index is 0.0283. The molecule has 1 saturated heterocycles. The van der Waals surface area contributed by atoms with Gasteiger partial charge in [0.15, 0.2) is 0 Å². The molecular formula is C23H24N4O. The van der Waals surface area contributed by atoms with Gasteiger partial charge < -0.3 is 14.3 Å². The van der Waals surface area contributed by atoms with Gasteiger partial charge in [-0.25, -0.2) is 0 Å². The second kappa shape index (κ2) is 6.84. The van der Waals surface area contributed by atoms with Gasteiger partial charge in [0.05, 0.1) is 10.9 Å². The number of hydrogen-bond acceptors (Lipinski definition) is 3. The summed E-state index contributed by atoms with van der Waals surface area (Å²) in [6, 6.07) is 18.6. The van der Waals surface area contributed by atoms with Crippen molar-refractivity contribution in [1.82, 2.24) is 14.3 Å². The maximum absolute atomic E-state index is 12.3. The van der Waals surface area contributed by atoms with Gasteiger partial charge in [-0.2, -0.15) is 0 Å². The lowest BCUT2D eigenvalue weighted by Gasteiger charge is -2.36. The molecule has 0 aliphatic carbocycles. The zero-order valence-electron chi connectivity index (χ0n) is 16.1. The number of benzene rings is 2. The van der Waals surface area contributed by atoms with E-state index in [1.165, 1.54) is 16.8 Å². The molecule has 0 bridgehead atoms. The molecule has 1 aliphatic heterocycles. The second-order valence-corrected chi connectivity index (χ2v) is 7.67. The summed E-state index contributed by atoms with van der Waals surface area (Å²) in [5.41, 5.74) is 5.63. The first-order chi connectivity index (χ1) is 13.7. The highest BCUT2D eigenvalue weighted by Gasteiger charge is 2.18. The number of aromatic nitrogens is 2. The van der Waals surface area contributed by atoms with Crippen molar-refractivity contribution >= 4 is 22.2 Å². The predicted octanol–water partition coefficient (Wildman–Crippen LogP) is 3.41. The minimum Gasteiger partial charge on any atom is -0.369 e. The van der Waals surface area contributed by atoms with Crippen LogP contribution in [-0.2, 0) is 6.54 Å². The number of H-pyrrole nitrogens is 1. The normalized spacial score (nSPS) is 15.5. The Hall–Kier alpha value is -3.05. The molecule has 3 heterocycles. The van der Waals surface area contributed by atoms with Crippen LogP contribution in [0.4, 0.5) is 5.69 Å². The van der Waals surface area contributed by atoms with Crippen molar-refractivity contribution in [3.8, 4) is 0 Å². The smallest absolute Gasteiger partial charge is 0.258 e. The summed E-state index contributed by atoms with van der Waals surface area (Å²) in [6.07, 6.45) is 2.15. The van der Waals surface area contributed by atoms with Crippen molar-refractivity contribution in [3.05, 3.63) is 82.3 Å². The molecule has 1 fully saturated rings. The van der Waals surface area contributed by atoms with Gasteiger partial charge in [0, 0.05) is 44.6 Å². The first-order valence-corrected chi connectivity index (χ1v) is 9.83. The van der Waals surface area contributed by atoms with E-state index >= 15 is 0 Å². The molecule has 28 heavy (non-hydrogen) atoms. The van der Waals surface area contributed by atoms with E-state index < -0.39 is 0 Å². The fourth-order valence-electron chi connectivity index (χ4n) is 4.14. The molecule has 4 aromatic rings. The van der Waals surface area contributed by atoms with Crippen molar-refractivity contribution < 1.29 is 0 Å². The van der Waals surface area contributed by atoms with Crippen LogP contribution in [0.2, 0.25) is 0 Å². The van der Waals surface area contributed by atoms with E-state index in [9.17, 15) is 4.79 Å². The molecule has 0 amide bonds. The lowest BCUT2D eigenvalue weighted by atomic mass is 10.2. The number of aromatic amines is 1. The molecule has 0 saturated carbocycles. The topological polar surface area (TPSA) is 43.8 Å². The molecule has 5 rings (SSSR count). The molecule has 1 N–H and O–H groups in total. The third-order valence-corrected chi connectivity index (χ3v) is 5.70. The van der Waals surface area contributed by atoms with Crippen molar-refractivity contribution in [2.75, 3.05) is 31.1 Å². The fraction of sp³-hybridized carbons (Fsp3) is 0.261. The lowest BCUT2D eigenvalue weighted by Crippen LogP contribution is -2.45. The number of para-hydroxylation sites is 1. The average molecular weight is 372 g/mol. The Morgan fingerprint density at radius 2 is 1.71 bits per heavy atom. The maximum Gasteiger partial charge on any atom is 0.258 e. The Morgan fingerprint density at radius 1 is 0.964 bits per heavy atom. The Morgan fingerprint density at radius 3 is 2.50 bits per heavy atom. The third-order valence-electron chi connectivity index (χ3n) is 5.70. The van der Waals surface area contributed by atoms with Gasteiger partial charge in [0.25, 0.3) is 5.56 Å². The number of nitrogens with zero attached hydrogens (tertiary/aromatic N) is 3. The summed E-state index contributed by atoms with van der Waals surface area (Å²) in [5, 5.41) is 0.726. The van der Waals surface area contributed by atoms with Gasteiger partial charge in [0.1, 0.15) is 5.65 Å². The Kier molecular flexibility index (Phi) is 4.17. The number of nitrogens with one attached hydrogen (secondary N) is 1. The summed E-state index contributed by atoms with van der Waals surface area (Å²) >= 11 is 0. The second-order valence-electron chi connectivity index (χ2n) is 7.67.